The summed E-state index contributed by atoms with van der Waals surface area (Å²) in [4.78, 5) is 28.8. The van der Waals surface area contributed by atoms with Gasteiger partial charge in [0, 0.05) is 12.2 Å². The number of amides is 1. The minimum absolute atomic E-state index is 0.0444. The molecule has 0 radical (unpaired) electrons. The van der Waals surface area contributed by atoms with E-state index in [0.29, 0.717) is 34.5 Å². The third kappa shape index (κ3) is 3.69. The minimum Gasteiger partial charge on any atom is -0.379 e. The Labute approximate surface area is 185 Å². The second-order valence-electron chi connectivity index (χ2n) is 8.93. The van der Waals surface area contributed by atoms with Gasteiger partial charge >= 0.3 is 0 Å². The summed E-state index contributed by atoms with van der Waals surface area (Å²) in [5, 5.41) is 10.4. The van der Waals surface area contributed by atoms with E-state index in [1.54, 1.807) is 12.1 Å². The Balaban J connectivity index is 1.44. The second-order valence-corrected chi connectivity index (χ2v) is 9.67. The molecule has 0 aromatic carbocycles. The number of anilines is 2. The van der Waals surface area contributed by atoms with E-state index in [1.807, 2.05) is 0 Å². The highest BCUT2D eigenvalue weighted by Crippen LogP contribution is 2.61. The van der Waals surface area contributed by atoms with E-state index >= 15 is 0 Å². The Bertz CT molecular complexity index is 1040. The van der Waals surface area contributed by atoms with E-state index in [0.717, 1.165) is 11.1 Å². The van der Waals surface area contributed by atoms with Crippen LogP contribution in [0.4, 0.5) is 11.4 Å². The Morgan fingerprint density at radius 1 is 1.30 bits per heavy atom. The minimum atomic E-state index is -0.511. The van der Waals surface area contributed by atoms with Crippen molar-refractivity contribution in [1.82, 2.24) is 14.8 Å². The molecule has 3 saturated carbocycles. The SMILES string of the molecule is C[C@@H]1[C@H]2C[C@@H](C[C@H]1Nc1cnn(CC(=O)Nc3cccnc3Cl)c(=O)c1Cl)C2(C)C. The van der Waals surface area contributed by atoms with Gasteiger partial charge in [0.2, 0.25) is 5.91 Å². The highest BCUT2D eigenvalue weighted by Gasteiger charge is 2.56. The van der Waals surface area contributed by atoms with E-state index in [9.17, 15) is 9.59 Å². The molecule has 4 atom stereocenters. The first-order chi connectivity index (χ1) is 14.2. The molecule has 2 bridgehead atoms. The first-order valence-corrected chi connectivity index (χ1v) is 10.9. The number of hydrogen-bond acceptors (Lipinski definition) is 5. The van der Waals surface area contributed by atoms with Gasteiger partial charge in [-0.3, -0.25) is 9.59 Å². The topological polar surface area (TPSA) is 88.9 Å². The number of carbonyl (C=O) groups is 1. The lowest BCUT2D eigenvalue weighted by molar-refractivity contribution is -0.117. The van der Waals surface area contributed by atoms with E-state index in [1.165, 1.54) is 18.8 Å². The van der Waals surface area contributed by atoms with E-state index in [4.69, 9.17) is 23.2 Å². The number of fused-ring (bicyclic) bond motifs is 2. The van der Waals surface area contributed by atoms with Crippen LogP contribution >= 0.6 is 23.2 Å². The summed E-state index contributed by atoms with van der Waals surface area (Å²) in [5.41, 5.74) is 0.759. The average molecular weight is 450 g/mol. The molecule has 9 heteroatoms. The van der Waals surface area contributed by atoms with Gasteiger partial charge in [0.25, 0.3) is 5.56 Å². The molecule has 5 rings (SSSR count). The summed E-state index contributed by atoms with van der Waals surface area (Å²) in [6.07, 6.45) is 5.37. The molecule has 30 heavy (non-hydrogen) atoms. The van der Waals surface area contributed by atoms with Crippen molar-refractivity contribution in [2.24, 2.45) is 23.2 Å². The van der Waals surface area contributed by atoms with Crippen LogP contribution in [0.2, 0.25) is 10.2 Å². The number of rotatable bonds is 5. The van der Waals surface area contributed by atoms with Crippen molar-refractivity contribution in [3.63, 3.8) is 0 Å². The maximum absolute atomic E-state index is 12.7. The van der Waals surface area contributed by atoms with Crippen LogP contribution in [0.1, 0.15) is 33.6 Å². The Kier molecular flexibility index (Phi) is 5.53. The van der Waals surface area contributed by atoms with Crippen molar-refractivity contribution in [2.45, 2.75) is 46.2 Å². The summed E-state index contributed by atoms with van der Waals surface area (Å²) < 4.78 is 1.04. The van der Waals surface area contributed by atoms with E-state index in [2.05, 4.69) is 41.5 Å². The lowest BCUT2D eigenvalue weighted by atomic mass is 9.45. The van der Waals surface area contributed by atoms with Crippen LogP contribution < -0.4 is 16.2 Å². The summed E-state index contributed by atoms with van der Waals surface area (Å²) >= 11 is 12.3. The van der Waals surface area contributed by atoms with Crippen LogP contribution in [0.15, 0.2) is 29.3 Å². The Morgan fingerprint density at radius 3 is 2.73 bits per heavy atom. The van der Waals surface area contributed by atoms with E-state index in [-0.39, 0.29) is 22.8 Å². The lowest BCUT2D eigenvalue weighted by Crippen LogP contribution is -2.58. The molecular formula is C21H25Cl2N5O2. The number of aromatic nitrogens is 3. The summed E-state index contributed by atoms with van der Waals surface area (Å²) in [6.45, 7) is 6.67. The summed E-state index contributed by atoms with van der Waals surface area (Å²) in [7, 11) is 0. The molecule has 7 nitrogen and oxygen atoms in total. The maximum atomic E-state index is 12.7. The van der Waals surface area contributed by atoms with Gasteiger partial charge in [-0.15, -0.1) is 0 Å². The monoisotopic (exact) mass is 449 g/mol. The van der Waals surface area contributed by atoms with Gasteiger partial charge in [-0.25, -0.2) is 9.67 Å². The van der Waals surface area contributed by atoms with Gasteiger partial charge in [0.15, 0.2) is 5.15 Å². The molecule has 3 aliphatic carbocycles. The molecule has 3 aliphatic rings. The predicted octanol–water partition coefficient (Wildman–Crippen LogP) is 4.07. The second kappa shape index (κ2) is 7.85. The van der Waals surface area contributed by atoms with Crippen LogP contribution in [-0.2, 0) is 11.3 Å². The van der Waals surface area contributed by atoms with Gasteiger partial charge in [-0.2, -0.15) is 5.10 Å². The standard InChI is InChI=1S/C21H25Cl2N5O2/c1-11-13-7-12(21(13,2)3)8-15(11)26-16-9-25-28(20(30)18(16)22)10-17(29)27-14-5-4-6-24-19(14)23/h4-6,9,11-13,15,26H,7-8,10H2,1-3H3,(H,27,29)/t11-,12+,13-,15-/m1/s1. The van der Waals surface area contributed by atoms with Gasteiger partial charge in [-0.05, 0) is 48.1 Å². The number of hydrogen-bond donors (Lipinski definition) is 2. The lowest BCUT2D eigenvalue weighted by Gasteiger charge is -2.62. The molecule has 2 N–H and O–H groups in total. The molecule has 1 amide bonds. The fourth-order valence-electron chi connectivity index (χ4n) is 5.02. The number of halogens is 2. The molecule has 0 spiro atoms. The van der Waals surface area contributed by atoms with Crippen molar-refractivity contribution in [1.29, 1.82) is 0 Å². The predicted molar refractivity (Wildman–Crippen MR) is 118 cm³/mol. The van der Waals surface area contributed by atoms with Crippen molar-refractivity contribution < 1.29 is 4.79 Å². The molecule has 2 aromatic heterocycles. The highest BCUT2D eigenvalue weighted by atomic mass is 35.5. The average Bonchev–Trinajstić information content (AvgIpc) is 2.70. The largest absolute Gasteiger partial charge is 0.379 e. The van der Waals surface area contributed by atoms with Gasteiger partial charge < -0.3 is 10.6 Å². The summed E-state index contributed by atoms with van der Waals surface area (Å²) in [6, 6.07) is 3.54. The smallest absolute Gasteiger partial charge is 0.288 e. The highest BCUT2D eigenvalue weighted by molar-refractivity contribution is 6.33. The Morgan fingerprint density at radius 2 is 2.07 bits per heavy atom. The van der Waals surface area contributed by atoms with E-state index < -0.39 is 11.5 Å². The van der Waals surface area contributed by atoms with Gasteiger partial charge in [0.1, 0.15) is 11.6 Å². The van der Waals surface area contributed by atoms with Crippen molar-refractivity contribution in [3.05, 3.63) is 45.1 Å². The number of nitrogens with one attached hydrogen (secondary N) is 2. The van der Waals surface area contributed by atoms with Crippen molar-refractivity contribution >= 4 is 40.5 Å². The zero-order valence-corrected chi connectivity index (χ0v) is 18.7. The molecular weight excluding hydrogens is 425 g/mol. The molecule has 160 valence electrons. The van der Waals surface area contributed by atoms with Gasteiger partial charge in [0.05, 0.1) is 17.6 Å². The molecule has 0 unspecified atom stereocenters. The fraction of sp³-hybridized carbons (Fsp3) is 0.524. The molecule has 2 aromatic rings. The normalized spacial score (nSPS) is 26.6. The fourth-order valence-corrected chi connectivity index (χ4v) is 5.39. The zero-order valence-electron chi connectivity index (χ0n) is 17.2. The first kappa shape index (κ1) is 21.1. The zero-order chi connectivity index (χ0) is 21.6. The van der Waals surface area contributed by atoms with Crippen LogP contribution in [-0.4, -0.2) is 26.7 Å². The van der Waals surface area contributed by atoms with Crippen LogP contribution in [0, 0.1) is 23.2 Å². The first-order valence-electron chi connectivity index (χ1n) is 10.1. The van der Waals surface area contributed by atoms with Crippen molar-refractivity contribution in [2.75, 3.05) is 10.6 Å². The third-order valence-corrected chi connectivity index (χ3v) is 7.67. The number of nitrogens with zero attached hydrogens (tertiary/aromatic N) is 3. The van der Waals surface area contributed by atoms with Crippen LogP contribution in [0.5, 0.6) is 0 Å². The summed E-state index contributed by atoms with van der Waals surface area (Å²) in [5.74, 6) is 1.40. The molecule has 0 aliphatic heterocycles. The number of pyridine rings is 1. The van der Waals surface area contributed by atoms with Crippen LogP contribution in [0.25, 0.3) is 0 Å². The maximum Gasteiger partial charge on any atom is 0.288 e. The Hall–Kier alpha value is -2.12. The van der Waals surface area contributed by atoms with Crippen molar-refractivity contribution in [3.8, 4) is 0 Å². The van der Waals surface area contributed by atoms with Crippen LogP contribution in [0.3, 0.4) is 0 Å². The van der Waals surface area contributed by atoms with Gasteiger partial charge in [-0.1, -0.05) is 44.0 Å². The third-order valence-electron chi connectivity index (χ3n) is 7.01. The molecule has 2 heterocycles. The number of carbonyl (C=O) groups excluding carboxylic acids is 1. The molecule has 0 saturated heterocycles. The molecule has 3 fully saturated rings. The quantitative estimate of drug-likeness (QED) is 0.671.